The zero-order valence-corrected chi connectivity index (χ0v) is 11.9. The van der Waals surface area contributed by atoms with Gasteiger partial charge < -0.3 is 24.5 Å². The lowest BCUT2D eigenvalue weighted by atomic mass is 10.3. The van der Waals surface area contributed by atoms with Gasteiger partial charge >= 0.3 is 0 Å². The van der Waals surface area contributed by atoms with Gasteiger partial charge in [-0.15, -0.1) is 0 Å². The first kappa shape index (κ1) is 14.9. The van der Waals surface area contributed by atoms with Gasteiger partial charge in [-0.25, -0.2) is 0 Å². The van der Waals surface area contributed by atoms with Crippen LogP contribution < -0.4 is 10.6 Å². The summed E-state index contributed by atoms with van der Waals surface area (Å²) in [6, 6.07) is 3.80. The Balaban J connectivity index is 1.52. The summed E-state index contributed by atoms with van der Waals surface area (Å²) in [6.07, 6.45) is 3.90. The van der Waals surface area contributed by atoms with Crippen LogP contribution in [0.3, 0.4) is 0 Å². The monoisotopic (exact) mass is 281 g/mol. The third kappa shape index (κ3) is 5.22. The quantitative estimate of drug-likeness (QED) is 0.446. The van der Waals surface area contributed by atoms with E-state index in [2.05, 4.69) is 15.6 Å². The van der Waals surface area contributed by atoms with E-state index in [1.165, 1.54) is 0 Å². The second-order valence-corrected chi connectivity index (χ2v) is 4.64. The highest BCUT2D eigenvalue weighted by molar-refractivity contribution is 5.79. The van der Waals surface area contributed by atoms with Gasteiger partial charge in [-0.2, -0.15) is 0 Å². The van der Waals surface area contributed by atoms with E-state index in [9.17, 15) is 0 Å². The zero-order chi connectivity index (χ0) is 14.0. The number of ether oxygens (including phenoxy) is 2. The van der Waals surface area contributed by atoms with E-state index in [1.807, 2.05) is 12.1 Å². The molecule has 2 rings (SSSR count). The number of guanidine groups is 1. The van der Waals surface area contributed by atoms with Crippen LogP contribution in [-0.2, 0) is 16.0 Å². The molecule has 20 heavy (non-hydrogen) atoms. The van der Waals surface area contributed by atoms with Crippen molar-refractivity contribution in [3.05, 3.63) is 24.2 Å². The summed E-state index contributed by atoms with van der Waals surface area (Å²) in [5, 5.41) is 6.43. The average Bonchev–Trinajstić information content (AvgIpc) is 3.14. The van der Waals surface area contributed by atoms with Gasteiger partial charge in [0.25, 0.3) is 0 Å². The predicted molar refractivity (Wildman–Crippen MR) is 76.7 cm³/mol. The smallest absolute Gasteiger partial charge is 0.191 e. The molecule has 0 saturated carbocycles. The van der Waals surface area contributed by atoms with Crippen LogP contribution in [-0.4, -0.2) is 45.5 Å². The molecule has 1 saturated heterocycles. The van der Waals surface area contributed by atoms with Crippen molar-refractivity contribution < 1.29 is 13.9 Å². The summed E-state index contributed by atoms with van der Waals surface area (Å²) in [5.41, 5.74) is 0. The fourth-order valence-corrected chi connectivity index (χ4v) is 1.98. The van der Waals surface area contributed by atoms with E-state index in [0.29, 0.717) is 6.54 Å². The standard InChI is InChI=1S/C14H23N3O3/c1-15-14(17-10-12-4-2-7-19-12)16-6-3-8-20-13-5-9-18-11-13/h2,4,7,13H,3,5-6,8-11H2,1H3,(H2,15,16,17). The number of hydrogen-bond donors (Lipinski definition) is 2. The first-order valence-corrected chi connectivity index (χ1v) is 7.04. The molecular weight excluding hydrogens is 258 g/mol. The van der Waals surface area contributed by atoms with E-state index < -0.39 is 0 Å². The molecule has 1 atom stereocenters. The van der Waals surface area contributed by atoms with Gasteiger partial charge in [0.15, 0.2) is 5.96 Å². The maximum Gasteiger partial charge on any atom is 0.191 e. The molecule has 0 radical (unpaired) electrons. The second-order valence-electron chi connectivity index (χ2n) is 4.64. The van der Waals surface area contributed by atoms with Gasteiger partial charge in [0, 0.05) is 26.8 Å². The molecule has 0 spiro atoms. The lowest BCUT2D eigenvalue weighted by molar-refractivity contribution is 0.0420. The molecule has 1 aromatic heterocycles. The summed E-state index contributed by atoms with van der Waals surface area (Å²) in [6.45, 7) is 3.76. The van der Waals surface area contributed by atoms with Crippen molar-refractivity contribution in [3.8, 4) is 0 Å². The largest absolute Gasteiger partial charge is 0.467 e. The zero-order valence-electron chi connectivity index (χ0n) is 11.9. The van der Waals surface area contributed by atoms with Crippen LogP contribution in [0.15, 0.2) is 27.8 Å². The fraction of sp³-hybridized carbons (Fsp3) is 0.643. The minimum absolute atomic E-state index is 0.284. The number of furan rings is 1. The number of hydrogen-bond acceptors (Lipinski definition) is 4. The maximum absolute atomic E-state index is 5.70. The molecule has 1 fully saturated rings. The average molecular weight is 281 g/mol. The maximum atomic E-state index is 5.70. The van der Waals surface area contributed by atoms with E-state index in [4.69, 9.17) is 13.9 Å². The number of nitrogens with one attached hydrogen (secondary N) is 2. The molecule has 2 heterocycles. The number of aliphatic imine (C=N–C) groups is 1. The Kier molecular flexibility index (Phi) is 6.40. The molecule has 0 bridgehead atoms. The van der Waals surface area contributed by atoms with Gasteiger partial charge in [0.1, 0.15) is 5.76 Å². The van der Waals surface area contributed by atoms with Crippen molar-refractivity contribution in [1.29, 1.82) is 0 Å². The van der Waals surface area contributed by atoms with Gasteiger partial charge in [0.2, 0.25) is 0 Å². The van der Waals surface area contributed by atoms with Crippen LogP contribution in [0.4, 0.5) is 0 Å². The summed E-state index contributed by atoms with van der Waals surface area (Å²) in [4.78, 5) is 4.15. The first-order valence-electron chi connectivity index (χ1n) is 7.04. The van der Waals surface area contributed by atoms with Gasteiger partial charge in [0.05, 0.1) is 25.5 Å². The minimum atomic E-state index is 0.284. The Hall–Kier alpha value is -1.53. The van der Waals surface area contributed by atoms with Crippen molar-refractivity contribution in [2.24, 2.45) is 4.99 Å². The molecule has 6 heteroatoms. The molecule has 112 valence electrons. The Morgan fingerprint density at radius 2 is 2.45 bits per heavy atom. The van der Waals surface area contributed by atoms with Crippen molar-refractivity contribution >= 4 is 5.96 Å². The fourth-order valence-electron chi connectivity index (χ4n) is 1.98. The van der Waals surface area contributed by atoms with Crippen molar-refractivity contribution in [2.45, 2.75) is 25.5 Å². The molecule has 0 aliphatic carbocycles. The van der Waals surface area contributed by atoms with Crippen molar-refractivity contribution in [2.75, 3.05) is 33.4 Å². The minimum Gasteiger partial charge on any atom is -0.467 e. The first-order chi connectivity index (χ1) is 9.88. The van der Waals surface area contributed by atoms with Crippen LogP contribution in [0.5, 0.6) is 0 Å². The van der Waals surface area contributed by atoms with Crippen LogP contribution in [0, 0.1) is 0 Å². The van der Waals surface area contributed by atoms with Crippen LogP contribution in [0.2, 0.25) is 0 Å². The highest BCUT2D eigenvalue weighted by Gasteiger charge is 2.15. The third-order valence-electron chi connectivity index (χ3n) is 3.09. The summed E-state index contributed by atoms with van der Waals surface area (Å²) in [5.74, 6) is 1.66. The van der Waals surface area contributed by atoms with Crippen LogP contribution >= 0.6 is 0 Å². The molecule has 2 N–H and O–H groups in total. The molecule has 1 aliphatic rings. The molecule has 1 unspecified atom stereocenters. The van der Waals surface area contributed by atoms with Crippen molar-refractivity contribution in [3.63, 3.8) is 0 Å². The molecule has 0 amide bonds. The molecular formula is C14H23N3O3. The van der Waals surface area contributed by atoms with E-state index in [-0.39, 0.29) is 6.10 Å². The van der Waals surface area contributed by atoms with E-state index in [0.717, 1.165) is 50.9 Å². The lowest BCUT2D eigenvalue weighted by Crippen LogP contribution is -2.37. The van der Waals surface area contributed by atoms with E-state index in [1.54, 1.807) is 13.3 Å². The highest BCUT2D eigenvalue weighted by atomic mass is 16.5. The topological polar surface area (TPSA) is 68.0 Å². The van der Waals surface area contributed by atoms with Crippen LogP contribution in [0.1, 0.15) is 18.6 Å². The molecule has 0 aromatic carbocycles. The van der Waals surface area contributed by atoms with Gasteiger partial charge in [-0.3, -0.25) is 4.99 Å². The van der Waals surface area contributed by atoms with E-state index >= 15 is 0 Å². The molecule has 1 aromatic rings. The Morgan fingerprint density at radius 1 is 1.50 bits per heavy atom. The number of rotatable bonds is 7. The Bertz CT molecular complexity index is 386. The van der Waals surface area contributed by atoms with Gasteiger partial charge in [-0.1, -0.05) is 0 Å². The summed E-state index contributed by atoms with van der Waals surface area (Å²) in [7, 11) is 1.75. The predicted octanol–water partition coefficient (Wildman–Crippen LogP) is 1.14. The highest BCUT2D eigenvalue weighted by Crippen LogP contribution is 2.07. The summed E-state index contributed by atoms with van der Waals surface area (Å²) < 4.78 is 16.2. The third-order valence-corrected chi connectivity index (χ3v) is 3.09. The SMILES string of the molecule is CN=C(NCCCOC1CCOC1)NCc1ccco1. The molecule has 1 aliphatic heterocycles. The normalized spacial score (nSPS) is 19.2. The van der Waals surface area contributed by atoms with Crippen LogP contribution in [0.25, 0.3) is 0 Å². The Morgan fingerprint density at radius 3 is 3.15 bits per heavy atom. The second kappa shape index (κ2) is 8.60. The summed E-state index contributed by atoms with van der Waals surface area (Å²) >= 11 is 0. The van der Waals surface area contributed by atoms with Gasteiger partial charge in [-0.05, 0) is 25.0 Å². The Labute approximate surface area is 119 Å². The van der Waals surface area contributed by atoms with Crippen molar-refractivity contribution in [1.82, 2.24) is 10.6 Å². The number of nitrogens with zero attached hydrogens (tertiary/aromatic N) is 1. The molecule has 6 nitrogen and oxygen atoms in total. The lowest BCUT2D eigenvalue weighted by Gasteiger charge is -2.12.